The Morgan fingerprint density at radius 3 is 2.22 bits per heavy atom. The minimum atomic E-state index is -0.660. The first-order valence-electron chi connectivity index (χ1n) is 9.65. The molecule has 2 N–H and O–H groups in total. The van der Waals surface area contributed by atoms with Crippen LogP contribution in [0, 0.1) is 0 Å². The van der Waals surface area contributed by atoms with Gasteiger partial charge in [-0.15, -0.1) is 0 Å². The molecule has 0 aromatic heterocycles. The first-order chi connectivity index (χ1) is 15.3. The summed E-state index contributed by atoms with van der Waals surface area (Å²) in [6.45, 7) is 0. The molecular weight excluding hydrogens is 436 g/mol. The lowest BCUT2D eigenvalue weighted by atomic mass is 9.83. The van der Waals surface area contributed by atoms with Gasteiger partial charge >= 0.3 is 5.97 Å². The summed E-state index contributed by atoms with van der Waals surface area (Å²) in [7, 11) is 2.78. The maximum atomic E-state index is 13.0. The van der Waals surface area contributed by atoms with Crippen LogP contribution in [-0.4, -0.2) is 36.2 Å². The molecule has 0 saturated heterocycles. The van der Waals surface area contributed by atoms with Crippen LogP contribution in [0.1, 0.15) is 39.4 Å². The number of hydrogen-bond acceptors (Lipinski definition) is 7. The third-order valence-corrected chi connectivity index (χ3v) is 5.63. The molecule has 7 nitrogen and oxygen atoms in total. The van der Waals surface area contributed by atoms with Crippen molar-refractivity contribution in [3.63, 3.8) is 0 Å². The van der Waals surface area contributed by atoms with Crippen molar-refractivity contribution >= 4 is 23.4 Å². The fourth-order valence-electron chi connectivity index (χ4n) is 3.79. The van der Waals surface area contributed by atoms with Crippen LogP contribution in [-0.2, 0) is 4.79 Å². The molecule has 0 unspecified atom stereocenters. The highest BCUT2D eigenvalue weighted by atomic mass is 35.5. The van der Waals surface area contributed by atoms with Gasteiger partial charge in [-0.2, -0.15) is 0 Å². The summed E-state index contributed by atoms with van der Waals surface area (Å²) in [5.41, 5.74) is 1.24. The van der Waals surface area contributed by atoms with E-state index in [2.05, 4.69) is 0 Å². The monoisotopic (exact) mass is 454 g/mol. The lowest BCUT2D eigenvalue weighted by Crippen LogP contribution is -2.22. The fraction of sp³-hybridized carbons (Fsp3) is 0.167. The summed E-state index contributed by atoms with van der Waals surface area (Å²) in [5.74, 6) is -1.59. The van der Waals surface area contributed by atoms with Crippen molar-refractivity contribution in [2.75, 3.05) is 14.2 Å². The van der Waals surface area contributed by atoms with Crippen LogP contribution >= 0.6 is 11.6 Å². The molecule has 0 saturated carbocycles. The molecule has 0 amide bonds. The third kappa shape index (κ3) is 3.71. The van der Waals surface area contributed by atoms with Gasteiger partial charge in [0.1, 0.15) is 11.5 Å². The van der Waals surface area contributed by atoms with Crippen molar-refractivity contribution < 1.29 is 34.0 Å². The number of carbonyl (C=O) groups excluding carboxylic acids is 2. The third-order valence-electron chi connectivity index (χ3n) is 5.38. The molecular formula is C24H19ClO7. The zero-order valence-corrected chi connectivity index (χ0v) is 18.0. The number of ketones is 1. The second-order valence-corrected chi connectivity index (χ2v) is 7.65. The van der Waals surface area contributed by atoms with Crippen LogP contribution < -0.4 is 14.2 Å². The highest BCUT2D eigenvalue weighted by Gasteiger charge is 2.34. The number of methoxy groups -OCH3 is 2. The average Bonchev–Trinajstić information content (AvgIpc) is 2.79. The van der Waals surface area contributed by atoms with Crippen LogP contribution in [0.3, 0.4) is 0 Å². The van der Waals surface area contributed by atoms with Gasteiger partial charge in [0.25, 0.3) is 0 Å². The number of ether oxygens (including phenoxy) is 3. The Labute approximate surface area is 188 Å². The standard InChI is InChI=1S/C24H19ClO7/c1-30-18-9-13(10-19(31-2)24(18)29)16-11-20(26)32-17-8-7-15(23(28)21(16)17)22(27)12-3-5-14(25)6-4-12/h3-10,16,28-29H,11H2,1-2H3/t16-/m0/s1. The number of carbonyl (C=O) groups is 2. The molecule has 8 heteroatoms. The van der Waals surface area contributed by atoms with Crippen molar-refractivity contribution in [3.8, 4) is 28.7 Å². The number of halogens is 1. The molecule has 0 spiro atoms. The van der Waals surface area contributed by atoms with E-state index in [1.54, 1.807) is 36.4 Å². The number of phenols is 2. The predicted octanol–water partition coefficient (Wildman–Crippen LogP) is 4.44. The van der Waals surface area contributed by atoms with Crippen molar-refractivity contribution in [2.45, 2.75) is 12.3 Å². The molecule has 1 atom stereocenters. The second-order valence-electron chi connectivity index (χ2n) is 7.21. The Bertz CT molecular complexity index is 1190. The summed E-state index contributed by atoms with van der Waals surface area (Å²) in [6, 6.07) is 12.3. The van der Waals surface area contributed by atoms with Crippen LogP contribution in [0.15, 0.2) is 48.5 Å². The fourth-order valence-corrected chi connectivity index (χ4v) is 3.91. The molecule has 1 heterocycles. The van der Waals surface area contributed by atoms with Crippen LogP contribution in [0.5, 0.6) is 28.7 Å². The average molecular weight is 455 g/mol. The topological polar surface area (TPSA) is 102 Å². The summed E-state index contributed by atoms with van der Waals surface area (Å²) in [5, 5.41) is 21.8. The molecule has 3 aromatic rings. The molecule has 1 aliphatic heterocycles. The van der Waals surface area contributed by atoms with Gasteiger partial charge in [-0.3, -0.25) is 9.59 Å². The van der Waals surface area contributed by atoms with E-state index in [1.165, 1.54) is 26.4 Å². The van der Waals surface area contributed by atoms with Crippen LogP contribution in [0.4, 0.5) is 0 Å². The van der Waals surface area contributed by atoms with Crippen molar-refractivity contribution in [1.29, 1.82) is 0 Å². The smallest absolute Gasteiger partial charge is 0.312 e. The van der Waals surface area contributed by atoms with Crippen LogP contribution in [0.2, 0.25) is 5.02 Å². The van der Waals surface area contributed by atoms with Crippen LogP contribution in [0.25, 0.3) is 0 Å². The first kappa shape index (κ1) is 21.5. The van der Waals surface area contributed by atoms with E-state index >= 15 is 0 Å². The zero-order valence-electron chi connectivity index (χ0n) is 17.2. The number of fused-ring (bicyclic) bond motifs is 1. The summed E-state index contributed by atoms with van der Waals surface area (Å²) >= 11 is 5.90. The van der Waals surface area contributed by atoms with E-state index < -0.39 is 17.7 Å². The van der Waals surface area contributed by atoms with Gasteiger partial charge in [-0.05, 0) is 54.1 Å². The molecule has 164 valence electrons. The van der Waals surface area contributed by atoms with E-state index in [4.69, 9.17) is 25.8 Å². The van der Waals surface area contributed by atoms with Gasteiger partial charge in [0, 0.05) is 22.1 Å². The van der Waals surface area contributed by atoms with Crippen molar-refractivity contribution in [1.82, 2.24) is 0 Å². The number of esters is 1. The first-order valence-corrected chi connectivity index (χ1v) is 10.0. The van der Waals surface area contributed by atoms with E-state index in [-0.39, 0.29) is 40.7 Å². The van der Waals surface area contributed by atoms with Crippen molar-refractivity contribution in [3.05, 3.63) is 75.8 Å². The molecule has 0 fully saturated rings. The Kier molecular flexibility index (Phi) is 5.67. The molecule has 32 heavy (non-hydrogen) atoms. The largest absolute Gasteiger partial charge is 0.507 e. The molecule has 1 aliphatic rings. The lowest BCUT2D eigenvalue weighted by molar-refractivity contribution is -0.135. The number of benzene rings is 3. The predicted molar refractivity (Wildman–Crippen MR) is 116 cm³/mol. The normalized spacial score (nSPS) is 15.0. The zero-order chi connectivity index (χ0) is 23.0. The number of rotatable bonds is 5. The van der Waals surface area contributed by atoms with Gasteiger partial charge in [0.15, 0.2) is 17.3 Å². The second kappa shape index (κ2) is 8.43. The molecule has 0 bridgehead atoms. The maximum absolute atomic E-state index is 13.0. The Hall–Kier alpha value is -3.71. The van der Waals surface area contributed by atoms with E-state index in [1.807, 2.05) is 0 Å². The molecule has 0 radical (unpaired) electrons. The Morgan fingerprint density at radius 1 is 1.00 bits per heavy atom. The van der Waals surface area contributed by atoms with Gasteiger partial charge in [-0.25, -0.2) is 0 Å². The number of phenolic OH excluding ortho intramolecular Hbond substituents is 2. The summed E-state index contributed by atoms with van der Waals surface area (Å²) < 4.78 is 15.8. The van der Waals surface area contributed by atoms with Gasteiger partial charge in [-0.1, -0.05) is 11.6 Å². The quantitative estimate of drug-likeness (QED) is 0.334. The maximum Gasteiger partial charge on any atom is 0.312 e. The Morgan fingerprint density at radius 2 is 1.62 bits per heavy atom. The minimum Gasteiger partial charge on any atom is -0.507 e. The van der Waals surface area contributed by atoms with E-state index in [9.17, 15) is 19.8 Å². The summed E-state index contributed by atoms with van der Waals surface area (Å²) in [4.78, 5) is 25.3. The highest BCUT2D eigenvalue weighted by Crippen LogP contribution is 2.48. The van der Waals surface area contributed by atoms with Gasteiger partial charge < -0.3 is 24.4 Å². The lowest BCUT2D eigenvalue weighted by Gasteiger charge is -2.27. The van der Waals surface area contributed by atoms with Gasteiger partial charge in [0.05, 0.1) is 26.2 Å². The van der Waals surface area contributed by atoms with Crippen molar-refractivity contribution in [2.24, 2.45) is 0 Å². The van der Waals surface area contributed by atoms with Gasteiger partial charge in [0.2, 0.25) is 5.75 Å². The SMILES string of the molecule is COc1cc([C@@H]2CC(=O)Oc3ccc(C(=O)c4ccc(Cl)cc4)c(O)c32)cc(OC)c1O. The Balaban J connectivity index is 1.86. The summed E-state index contributed by atoms with van der Waals surface area (Å²) in [6.07, 6.45) is -0.0871. The number of aromatic hydroxyl groups is 2. The number of hydrogen-bond donors (Lipinski definition) is 2. The molecule has 0 aliphatic carbocycles. The van der Waals surface area contributed by atoms with E-state index in [0.717, 1.165) is 0 Å². The molecule has 3 aromatic carbocycles. The minimum absolute atomic E-state index is 0.0618. The van der Waals surface area contributed by atoms with E-state index in [0.29, 0.717) is 21.7 Å². The molecule has 4 rings (SSSR count). The highest BCUT2D eigenvalue weighted by molar-refractivity contribution is 6.30.